The van der Waals surface area contributed by atoms with Gasteiger partial charge in [-0.2, -0.15) is 0 Å². The van der Waals surface area contributed by atoms with Crippen LogP contribution in [0.5, 0.6) is 0 Å². The average Bonchev–Trinajstić information content (AvgIpc) is 3.04. The molecular weight excluding hydrogens is 228 g/mol. The van der Waals surface area contributed by atoms with E-state index in [9.17, 15) is 0 Å². The van der Waals surface area contributed by atoms with E-state index in [4.69, 9.17) is 10.2 Å². The van der Waals surface area contributed by atoms with Crippen LogP contribution >= 0.6 is 0 Å². The molecule has 0 radical (unpaired) electrons. The van der Waals surface area contributed by atoms with Gasteiger partial charge in [0, 0.05) is 18.2 Å². The van der Waals surface area contributed by atoms with Crippen LogP contribution < -0.4 is 11.1 Å². The van der Waals surface area contributed by atoms with Gasteiger partial charge in [0.25, 0.3) is 0 Å². The second-order valence-electron chi connectivity index (χ2n) is 4.64. The highest BCUT2D eigenvalue weighted by molar-refractivity contribution is 5.77. The fourth-order valence-corrected chi connectivity index (χ4v) is 2.38. The predicted molar refractivity (Wildman–Crippen MR) is 72.3 cm³/mol. The maximum Gasteiger partial charge on any atom is 0.188 e. The van der Waals surface area contributed by atoms with Crippen LogP contribution in [0, 0.1) is 0 Å². The van der Waals surface area contributed by atoms with Crippen LogP contribution in [0.3, 0.4) is 0 Å². The molecule has 1 aromatic rings. The van der Waals surface area contributed by atoms with Gasteiger partial charge in [0.1, 0.15) is 0 Å². The fraction of sp³-hybridized carbons (Fsp3) is 0.615. The number of furan rings is 1. The number of nitrogens with two attached hydrogens (primary N) is 1. The number of likely N-dealkylation sites (tertiary alicyclic amines) is 1. The molecule has 0 bridgehead atoms. The van der Waals surface area contributed by atoms with E-state index in [1.807, 2.05) is 6.07 Å². The van der Waals surface area contributed by atoms with Crippen LogP contribution in [0.1, 0.15) is 25.3 Å². The molecule has 1 aliphatic rings. The van der Waals surface area contributed by atoms with E-state index in [-0.39, 0.29) is 0 Å². The molecule has 0 saturated carbocycles. The van der Waals surface area contributed by atoms with Crippen molar-refractivity contribution in [2.24, 2.45) is 10.7 Å². The predicted octanol–water partition coefficient (Wildman–Crippen LogP) is 1.17. The third kappa shape index (κ3) is 3.50. The number of hydrogen-bond acceptors (Lipinski definition) is 3. The van der Waals surface area contributed by atoms with E-state index in [1.54, 1.807) is 12.5 Å². The number of guanidine groups is 1. The molecule has 1 atom stereocenters. The lowest BCUT2D eigenvalue weighted by molar-refractivity contribution is 0.267. The Labute approximate surface area is 108 Å². The molecule has 18 heavy (non-hydrogen) atoms. The van der Waals surface area contributed by atoms with Crippen molar-refractivity contribution in [3.8, 4) is 0 Å². The van der Waals surface area contributed by atoms with Crippen LogP contribution in [0.4, 0.5) is 0 Å². The highest BCUT2D eigenvalue weighted by Gasteiger charge is 2.22. The molecule has 3 N–H and O–H groups in total. The number of likely N-dealkylation sites (N-methyl/N-ethyl adjacent to an activating group) is 1. The van der Waals surface area contributed by atoms with Crippen molar-refractivity contribution in [1.82, 2.24) is 10.2 Å². The van der Waals surface area contributed by atoms with Crippen LogP contribution in [0.15, 0.2) is 28.0 Å². The molecular formula is C13H22N4O. The first-order valence-electron chi connectivity index (χ1n) is 6.58. The Kier molecular flexibility index (Phi) is 4.64. The van der Waals surface area contributed by atoms with E-state index in [0.717, 1.165) is 18.7 Å². The molecule has 0 spiro atoms. The Bertz CT molecular complexity index is 374. The minimum atomic E-state index is 0.513. The summed E-state index contributed by atoms with van der Waals surface area (Å²) in [6, 6.07) is 2.49. The monoisotopic (exact) mass is 250 g/mol. The summed E-state index contributed by atoms with van der Waals surface area (Å²) >= 11 is 0. The van der Waals surface area contributed by atoms with Gasteiger partial charge in [-0.05, 0) is 32.0 Å². The number of hydrogen-bond donors (Lipinski definition) is 2. The molecule has 100 valence electrons. The minimum absolute atomic E-state index is 0.513. The third-order valence-electron chi connectivity index (χ3n) is 3.44. The van der Waals surface area contributed by atoms with Gasteiger partial charge in [-0.15, -0.1) is 0 Å². The maximum absolute atomic E-state index is 5.85. The number of rotatable bonds is 5. The average molecular weight is 250 g/mol. The zero-order chi connectivity index (χ0) is 12.8. The van der Waals surface area contributed by atoms with E-state index in [2.05, 4.69) is 22.1 Å². The van der Waals surface area contributed by atoms with Crippen LogP contribution in [-0.2, 0) is 6.54 Å². The second kappa shape index (κ2) is 6.44. The summed E-state index contributed by atoms with van der Waals surface area (Å²) in [6.45, 7) is 5.97. The Balaban J connectivity index is 1.74. The molecule has 2 heterocycles. The van der Waals surface area contributed by atoms with Gasteiger partial charge in [-0.1, -0.05) is 6.92 Å². The van der Waals surface area contributed by atoms with Gasteiger partial charge in [0.15, 0.2) is 5.96 Å². The van der Waals surface area contributed by atoms with Gasteiger partial charge in [0.2, 0.25) is 0 Å². The van der Waals surface area contributed by atoms with Gasteiger partial charge in [-0.3, -0.25) is 4.90 Å². The highest BCUT2D eigenvalue weighted by Crippen LogP contribution is 2.15. The summed E-state index contributed by atoms with van der Waals surface area (Å²) < 4.78 is 4.98. The van der Waals surface area contributed by atoms with Gasteiger partial charge >= 0.3 is 0 Å². The SMILES string of the molecule is CCN1CCCC1CNC(N)=NCc1ccoc1. The van der Waals surface area contributed by atoms with Crippen LogP contribution in [-0.4, -0.2) is 36.5 Å². The Morgan fingerprint density at radius 3 is 3.28 bits per heavy atom. The first-order valence-corrected chi connectivity index (χ1v) is 6.58. The van der Waals surface area contributed by atoms with Crippen molar-refractivity contribution in [3.63, 3.8) is 0 Å². The molecule has 1 aromatic heterocycles. The minimum Gasteiger partial charge on any atom is -0.472 e. The van der Waals surface area contributed by atoms with Gasteiger partial charge in [-0.25, -0.2) is 4.99 Å². The first-order chi connectivity index (χ1) is 8.79. The fourth-order valence-electron chi connectivity index (χ4n) is 2.38. The Morgan fingerprint density at radius 2 is 2.56 bits per heavy atom. The molecule has 0 aromatic carbocycles. The summed E-state index contributed by atoms with van der Waals surface area (Å²) in [5.41, 5.74) is 6.88. The molecule has 1 unspecified atom stereocenters. The first kappa shape index (κ1) is 13.0. The van der Waals surface area contributed by atoms with Crippen LogP contribution in [0.2, 0.25) is 0 Å². The van der Waals surface area contributed by atoms with Crippen molar-refractivity contribution < 1.29 is 4.42 Å². The summed E-state index contributed by atoms with van der Waals surface area (Å²) in [4.78, 5) is 6.77. The van der Waals surface area contributed by atoms with E-state index >= 15 is 0 Å². The lowest BCUT2D eigenvalue weighted by Gasteiger charge is -2.23. The molecule has 0 amide bonds. The van der Waals surface area contributed by atoms with Gasteiger partial charge < -0.3 is 15.5 Å². The van der Waals surface area contributed by atoms with E-state index in [0.29, 0.717) is 18.5 Å². The molecule has 5 nitrogen and oxygen atoms in total. The molecule has 0 aliphatic carbocycles. The zero-order valence-corrected chi connectivity index (χ0v) is 10.9. The molecule has 1 aliphatic heterocycles. The number of aliphatic imine (C=N–C) groups is 1. The number of nitrogens with one attached hydrogen (secondary N) is 1. The smallest absolute Gasteiger partial charge is 0.188 e. The van der Waals surface area contributed by atoms with Crippen molar-refractivity contribution >= 4 is 5.96 Å². The lowest BCUT2D eigenvalue weighted by Crippen LogP contribution is -2.42. The van der Waals surface area contributed by atoms with E-state index in [1.165, 1.54) is 19.4 Å². The highest BCUT2D eigenvalue weighted by atomic mass is 16.3. The molecule has 2 rings (SSSR count). The quantitative estimate of drug-likeness (QED) is 0.608. The number of nitrogens with zero attached hydrogens (tertiary/aromatic N) is 2. The Hall–Kier alpha value is -1.49. The largest absolute Gasteiger partial charge is 0.472 e. The van der Waals surface area contributed by atoms with Gasteiger partial charge in [0.05, 0.1) is 19.1 Å². The van der Waals surface area contributed by atoms with Crippen molar-refractivity contribution in [2.75, 3.05) is 19.6 Å². The summed E-state index contributed by atoms with van der Waals surface area (Å²) in [5, 5.41) is 3.21. The van der Waals surface area contributed by atoms with Crippen LogP contribution in [0.25, 0.3) is 0 Å². The van der Waals surface area contributed by atoms with Crippen molar-refractivity contribution in [3.05, 3.63) is 24.2 Å². The van der Waals surface area contributed by atoms with Crippen molar-refractivity contribution in [2.45, 2.75) is 32.4 Å². The topological polar surface area (TPSA) is 66.8 Å². The Morgan fingerprint density at radius 1 is 1.67 bits per heavy atom. The second-order valence-corrected chi connectivity index (χ2v) is 4.64. The molecule has 1 fully saturated rings. The van der Waals surface area contributed by atoms with Crippen molar-refractivity contribution in [1.29, 1.82) is 0 Å². The normalized spacial score (nSPS) is 21.4. The molecule has 1 saturated heterocycles. The summed E-state index contributed by atoms with van der Waals surface area (Å²) in [7, 11) is 0. The van der Waals surface area contributed by atoms with E-state index < -0.39 is 0 Å². The maximum atomic E-state index is 5.85. The molecule has 5 heteroatoms. The summed E-state index contributed by atoms with van der Waals surface area (Å²) in [6.07, 6.45) is 5.86. The third-order valence-corrected chi connectivity index (χ3v) is 3.44. The lowest BCUT2D eigenvalue weighted by atomic mass is 10.2. The zero-order valence-electron chi connectivity index (χ0n) is 10.9. The standard InChI is InChI=1S/C13H22N4O/c1-2-17-6-3-4-12(17)9-16-13(14)15-8-11-5-7-18-10-11/h5,7,10,12H,2-4,6,8-9H2,1H3,(H3,14,15,16). The summed E-state index contributed by atoms with van der Waals surface area (Å²) in [5.74, 6) is 0.513.